The Morgan fingerprint density at radius 3 is 3.00 bits per heavy atom. The van der Waals surface area contributed by atoms with Crippen molar-refractivity contribution in [3.8, 4) is 0 Å². The molecule has 0 fully saturated rings. The van der Waals surface area contributed by atoms with Crippen molar-refractivity contribution in [3.63, 3.8) is 0 Å². The highest BCUT2D eigenvalue weighted by Crippen LogP contribution is 2.33. The van der Waals surface area contributed by atoms with Crippen LogP contribution in [0, 0.1) is 5.82 Å². The molecule has 0 atom stereocenters. The summed E-state index contributed by atoms with van der Waals surface area (Å²) in [7, 11) is 0. The monoisotopic (exact) mass is 426 g/mol. The van der Waals surface area contributed by atoms with Gasteiger partial charge in [0.05, 0.1) is 23.5 Å². The molecule has 1 aromatic carbocycles. The molecule has 25 heavy (non-hydrogen) atoms. The van der Waals surface area contributed by atoms with E-state index in [2.05, 4.69) is 31.7 Å². The lowest BCUT2D eigenvalue weighted by molar-refractivity contribution is 0.0365. The Labute approximate surface area is 156 Å². The van der Waals surface area contributed by atoms with Gasteiger partial charge in [-0.05, 0) is 25.1 Å². The molecule has 0 aliphatic heterocycles. The van der Waals surface area contributed by atoms with Crippen LogP contribution in [0.5, 0.6) is 0 Å². The van der Waals surface area contributed by atoms with E-state index in [9.17, 15) is 9.18 Å². The summed E-state index contributed by atoms with van der Waals surface area (Å²) in [6, 6.07) is 4.52. The molecule has 2 heterocycles. The predicted molar refractivity (Wildman–Crippen MR) is 96.7 cm³/mol. The minimum absolute atomic E-state index is 0.173. The van der Waals surface area contributed by atoms with Crippen molar-refractivity contribution in [3.05, 3.63) is 57.7 Å². The van der Waals surface area contributed by atoms with E-state index in [4.69, 9.17) is 16.4 Å². The van der Waals surface area contributed by atoms with E-state index in [-0.39, 0.29) is 22.0 Å². The maximum Gasteiger partial charge on any atom is 0.278 e. The molecule has 3 rings (SSSR count). The van der Waals surface area contributed by atoms with Gasteiger partial charge in [0.1, 0.15) is 10.8 Å². The van der Waals surface area contributed by atoms with Crippen LogP contribution in [0.15, 0.2) is 41.3 Å². The van der Waals surface area contributed by atoms with Crippen molar-refractivity contribution in [2.75, 3.05) is 11.9 Å². The third-order valence-corrected chi connectivity index (χ3v) is 4.22. The first-order valence-corrected chi connectivity index (χ1v) is 8.47. The summed E-state index contributed by atoms with van der Waals surface area (Å²) < 4.78 is 16.4. The second-order valence-corrected chi connectivity index (χ2v) is 6.30. The molecular formula is C16H13BrClFN4O2. The lowest BCUT2D eigenvalue weighted by Gasteiger charge is -2.15. The van der Waals surface area contributed by atoms with Gasteiger partial charge in [0.2, 0.25) is 0 Å². The van der Waals surface area contributed by atoms with Gasteiger partial charge in [-0.1, -0.05) is 27.5 Å². The number of halogens is 3. The summed E-state index contributed by atoms with van der Waals surface area (Å²) in [5.41, 5.74) is 3.34. The molecule has 1 amide bonds. The highest BCUT2D eigenvalue weighted by atomic mass is 79.9. The number of nitrogens with one attached hydrogen (secondary N) is 2. The summed E-state index contributed by atoms with van der Waals surface area (Å²) in [6.07, 6.45) is 4.75. The number of rotatable bonds is 5. The van der Waals surface area contributed by atoms with Crippen LogP contribution in [0.25, 0.3) is 5.65 Å². The Morgan fingerprint density at radius 2 is 2.28 bits per heavy atom. The van der Waals surface area contributed by atoms with Crippen LogP contribution in [0.1, 0.15) is 17.3 Å². The molecule has 2 aromatic heterocycles. The fourth-order valence-electron chi connectivity index (χ4n) is 2.23. The summed E-state index contributed by atoms with van der Waals surface area (Å²) in [5, 5.41) is 3.07. The average Bonchev–Trinajstić information content (AvgIpc) is 3.05. The van der Waals surface area contributed by atoms with Crippen LogP contribution in [0.4, 0.5) is 15.8 Å². The molecule has 130 valence electrons. The number of imidazole rings is 1. The number of pyridine rings is 1. The topological polar surface area (TPSA) is 67.7 Å². The molecule has 6 nitrogen and oxygen atoms in total. The average molecular weight is 428 g/mol. The molecular weight excluding hydrogens is 415 g/mol. The van der Waals surface area contributed by atoms with Crippen molar-refractivity contribution >= 4 is 50.5 Å². The number of fused-ring (bicyclic) bond motifs is 1. The van der Waals surface area contributed by atoms with Gasteiger partial charge in [0.15, 0.2) is 5.65 Å². The van der Waals surface area contributed by atoms with Gasteiger partial charge in [-0.25, -0.2) is 14.9 Å². The number of carbonyl (C=O) groups excluding carboxylic acids is 1. The Kier molecular flexibility index (Phi) is 5.22. The number of amides is 1. The van der Waals surface area contributed by atoms with Crippen molar-refractivity contribution in [1.82, 2.24) is 14.9 Å². The van der Waals surface area contributed by atoms with Gasteiger partial charge >= 0.3 is 0 Å². The van der Waals surface area contributed by atoms with Crippen LogP contribution in [0.2, 0.25) is 5.02 Å². The highest BCUT2D eigenvalue weighted by Gasteiger charge is 2.20. The quantitative estimate of drug-likeness (QED) is 0.595. The summed E-state index contributed by atoms with van der Waals surface area (Å²) in [6.45, 7) is 2.04. The Balaban J connectivity index is 2.10. The van der Waals surface area contributed by atoms with Crippen molar-refractivity contribution in [2.45, 2.75) is 6.92 Å². The molecule has 0 spiro atoms. The molecule has 0 radical (unpaired) electrons. The first-order chi connectivity index (χ1) is 12.0. The zero-order valence-electron chi connectivity index (χ0n) is 13.0. The largest absolute Gasteiger partial charge is 0.351 e. The minimum atomic E-state index is -0.514. The summed E-state index contributed by atoms with van der Waals surface area (Å²) >= 11 is 9.60. The Hall–Kier alpha value is -2.16. The standard InChI is InChI=1S/C16H13BrClFN4O2/c1-2-25-22-16(24)10-8-23-6-5-20-15(23)13(18)14(10)21-12-4-3-9(17)7-11(12)19/h3-8,21H,2H2,1H3,(H,22,24). The zero-order valence-corrected chi connectivity index (χ0v) is 15.4. The van der Waals surface area contributed by atoms with E-state index < -0.39 is 11.7 Å². The van der Waals surface area contributed by atoms with Gasteiger partial charge in [0.25, 0.3) is 5.91 Å². The lowest BCUT2D eigenvalue weighted by Crippen LogP contribution is -2.25. The molecule has 0 saturated carbocycles. The SMILES string of the molecule is CCONC(=O)c1cn2ccnc2c(Cl)c1Nc1ccc(Br)cc1F. The number of carbonyl (C=O) groups is 1. The summed E-state index contributed by atoms with van der Waals surface area (Å²) in [4.78, 5) is 21.5. The molecule has 0 unspecified atom stereocenters. The molecule has 2 N–H and O–H groups in total. The van der Waals surface area contributed by atoms with E-state index in [1.54, 1.807) is 36.0 Å². The maximum absolute atomic E-state index is 14.2. The second-order valence-electron chi connectivity index (χ2n) is 5.00. The zero-order chi connectivity index (χ0) is 18.0. The minimum Gasteiger partial charge on any atom is -0.351 e. The van der Waals surface area contributed by atoms with E-state index in [0.29, 0.717) is 16.7 Å². The van der Waals surface area contributed by atoms with E-state index in [1.807, 2.05) is 0 Å². The van der Waals surface area contributed by atoms with Crippen LogP contribution >= 0.6 is 27.5 Å². The fourth-order valence-corrected chi connectivity index (χ4v) is 2.86. The van der Waals surface area contributed by atoms with Crippen LogP contribution < -0.4 is 10.8 Å². The number of aromatic nitrogens is 2. The highest BCUT2D eigenvalue weighted by molar-refractivity contribution is 9.10. The smallest absolute Gasteiger partial charge is 0.278 e. The normalized spacial score (nSPS) is 10.9. The van der Waals surface area contributed by atoms with Crippen LogP contribution in [-0.2, 0) is 4.84 Å². The third kappa shape index (κ3) is 3.60. The van der Waals surface area contributed by atoms with E-state index in [0.717, 1.165) is 0 Å². The molecule has 0 saturated heterocycles. The number of hydrogen-bond acceptors (Lipinski definition) is 4. The van der Waals surface area contributed by atoms with Crippen molar-refractivity contribution in [2.24, 2.45) is 0 Å². The third-order valence-electron chi connectivity index (χ3n) is 3.37. The van der Waals surface area contributed by atoms with Crippen molar-refractivity contribution < 1.29 is 14.0 Å². The van der Waals surface area contributed by atoms with Gasteiger partial charge in [-0.2, -0.15) is 0 Å². The Morgan fingerprint density at radius 1 is 1.48 bits per heavy atom. The van der Waals surface area contributed by atoms with Crippen molar-refractivity contribution in [1.29, 1.82) is 0 Å². The first-order valence-electron chi connectivity index (χ1n) is 7.30. The van der Waals surface area contributed by atoms with E-state index in [1.165, 1.54) is 12.1 Å². The van der Waals surface area contributed by atoms with Gasteiger partial charge in [0, 0.05) is 23.1 Å². The van der Waals surface area contributed by atoms with Gasteiger partial charge in [-0.3, -0.25) is 9.63 Å². The number of benzene rings is 1. The maximum atomic E-state index is 14.2. The fraction of sp³-hybridized carbons (Fsp3) is 0.125. The number of hydroxylamine groups is 1. The predicted octanol–water partition coefficient (Wildman–Crippen LogP) is 4.31. The Bertz CT molecular complexity index is 947. The van der Waals surface area contributed by atoms with Gasteiger partial charge < -0.3 is 9.72 Å². The van der Waals surface area contributed by atoms with Gasteiger partial charge in [-0.15, -0.1) is 0 Å². The molecule has 9 heteroatoms. The molecule has 3 aromatic rings. The van der Waals surface area contributed by atoms with Crippen LogP contribution in [0.3, 0.4) is 0 Å². The molecule has 0 bridgehead atoms. The first kappa shape index (κ1) is 17.7. The number of nitrogens with zero attached hydrogens (tertiary/aromatic N) is 2. The molecule has 0 aliphatic rings. The lowest BCUT2D eigenvalue weighted by atomic mass is 10.2. The molecule has 0 aliphatic carbocycles. The number of anilines is 2. The number of hydrogen-bond donors (Lipinski definition) is 2. The summed E-state index contributed by atoms with van der Waals surface area (Å²) in [5.74, 6) is -1.01. The second kappa shape index (κ2) is 7.38. The van der Waals surface area contributed by atoms with Crippen LogP contribution in [-0.4, -0.2) is 21.9 Å². The van der Waals surface area contributed by atoms with E-state index >= 15 is 0 Å².